The minimum Gasteiger partial charge on any atom is -0.507 e. The average molecular weight is 839 g/mol. The van der Waals surface area contributed by atoms with Crippen LogP contribution in [-0.4, -0.2) is 92.8 Å². The molecule has 0 aliphatic carbocycles. The van der Waals surface area contributed by atoms with Crippen LogP contribution in [0.25, 0.3) is 10.8 Å². The molecule has 3 heterocycles. The standard InChI is InChI=1S/C45H62N2O13/c1-12-13-14-18-24(4)60-46-21-30-35-40(53)33-32(39(30)52)34-42(28(8)38(33)51)59-45(10,43(34)54)57-20-19-31(56-11)25(5)41(58-29(9)48)27(7)37(50)26(6)36(49)22(2)16-15-17-23(3)44(55)47-35/h15-17,19-22,24-27,31,36-37,41,49-53H,12-14,18H2,1-11H3,(H,47,55)/b16-15+,20-19+,23-17+,46-21+/t22-,24?,25+,26+,27+,31-,36-,37+,41+,45-/m0/s1. The van der Waals surface area contributed by atoms with Gasteiger partial charge in [-0.15, -0.1) is 0 Å². The zero-order valence-corrected chi connectivity index (χ0v) is 36.4. The van der Waals surface area contributed by atoms with Gasteiger partial charge in [-0.2, -0.15) is 0 Å². The number of aliphatic hydroxyl groups excluding tert-OH is 2. The number of unbranched alkanes of at least 4 members (excludes halogenated alkanes) is 2. The highest BCUT2D eigenvalue weighted by Gasteiger charge is 2.50. The number of fused-ring (bicyclic) bond motifs is 14. The van der Waals surface area contributed by atoms with Crippen LogP contribution in [0.15, 0.2) is 41.3 Å². The number of benzene rings is 2. The third-order valence-corrected chi connectivity index (χ3v) is 11.7. The van der Waals surface area contributed by atoms with E-state index in [1.807, 2.05) is 6.92 Å². The van der Waals surface area contributed by atoms with Gasteiger partial charge in [-0.1, -0.05) is 70.8 Å². The van der Waals surface area contributed by atoms with Gasteiger partial charge in [0.25, 0.3) is 11.7 Å². The summed E-state index contributed by atoms with van der Waals surface area (Å²) < 4.78 is 23.6. The highest BCUT2D eigenvalue weighted by Crippen LogP contribution is 2.55. The molecule has 0 spiro atoms. The SMILES string of the molecule is CCCCCC(C)O/N=C/c1c2c(O)c3c(O)c(C)c4c(c3c1O)C(=O)[C@@](C)(O/C=C/[C@H](OC)[C@@H](C)[C@@H](OC(C)=O)[C@H](C)[C@H](O)[C@H](C)[C@@H](O)[C@@H](C)/C=C/C=C(\C)C(=O)N2)O4. The molecule has 3 aliphatic heterocycles. The van der Waals surface area contributed by atoms with Gasteiger partial charge in [0.2, 0.25) is 0 Å². The van der Waals surface area contributed by atoms with Crippen LogP contribution in [-0.2, 0) is 28.6 Å². The molecule has 10 atom stereocenters. The highest BCUT2D eigenvalue weighted by molar-refractivity contribution is 6.23. The highest BCUT2D eigenvalue weighted by atomic mass is 16.7. The number of aliphatic hydroxyl groups is 2. The Balaban J connectivity index is 1.95. The van der Waals surface area contributed by atoms with E-state index in [0.29, 0.717) is 6.42 Å². The number of anilines is 1. The number of carbonyl (C=O) groups excluding carboxylic acids is 3. The van der Waals surface area contributed by atoms with Gasteiger partial charge in [-0.25, -0.2) is 0 Å². The second-order valence-electron chi connectivity index (χ2n) is 16.3. The van der Waals surface area contributed by atoms with E-state index in [1.165, 1.54) is 53.2 Å². The van der Waals surface area contributed by atoms with E-state index >= 15 is 0 Å². The fourth-order valence-corrected chi connectivity index (χ4v) is 7.79. The van der Waals surface area contributed by atoms with Gasteiger partial charge >= 0.3 is 11.8 Å². The van der Waals surface area contributed by atoms with Gasteiger partial charge in [0.05, 0.1) is 53.0 Å². The molecule has 3 aliphatic rings. The van der Waals surface area contributed by atoms with Crippen molar-refractivity contribution in [3.8, 4) is 23.0 Å². The number of aromatic hydroxyl groups is 3. The number of hydrogen-bond donors (Lipinski definition) is 6. The first-order valence-corrected chi connectivity index (χ1v) is 20.5. The second kappa shape index (κ2) is 20.0. The Morgan fingerprint density at radius 2 is 1.67 bits per heavy atom. The van der Waals surface area contributed by atoms with Crippen LogP contribution in [0, 0.1) is 30.6 Å². The fourth-order valence-electron chi connectivity index (χ4n) is 7.79. The molecule has 60 heavy (non-hydrogen) atoms. The summed E-state index contributed by atoms with van der Waals surface area (Å²) in [5.74, 6) is -8.58. The van der Waals surface area contributed by atoms with Crippen molar-refractivity contribution >= 4 is 40.3 Å². The Labute approximate surface area is 351 Å². The second-order valence-corrected chi connectivity index (χ2v) is 16.3. The summed E-state index contributed by atoms with van der Waals surface area (Å²) in [7, 11) is 1.43. The van der Waals surface area contributed by atoms with Crippen LogP contribution in [0.5, 0.6) is 23.0 Å². The largest absolute Gasteiger partial charge is 0.507 e. The fraction of sp³-hybridized carbons (Fsp3) is 0.556. The number of methoxy groups -OCH3 is 1. The third kappa shape index (κ3) is 9.90. The Morgan fingerprint density at radius 3 is 2.30 bits per heavy atom. The molecule has 2 aromatic rings. The zero-order valence-electron chi connectivity index (χ0n) is 36.4. The molecule has 2 aromatic carbocycles. The van der Waals surface area contributed by atoms with Crippen molar-refractivity contribution in [3.63, 3.8) is 0 Å². The van der Waals surface area contributed by atoms with Gasteiger partial charge in [0.15, 0.2) is 5.75 Å². The number of amides is 1. The number of esters is 1. The molecule has 15 nitrogen and oxygen atoms in total. The van der Waals surface area contributed by atoms with Crippen LogP contribution in [0.2, 0.25) is 0 Å². The molecule has 5 rings (SSSR count). The van der Waals surface area contributed by atoms with E-state index in [9.17, 15) is 39.9 Å². The minimum absolute atomic E-state index is 0.0391. The van der Waals surface area contributed by atoms with Crippen molar-refractivity contribution in [3.05, 3.63) is 52.8 Å². The van der Waals surface area contributed by atoms with Crippen molar-refractivity contribution in [1.82, 2.24) is 0 Å². The molecular weight excluding hydrogens is 776 g/mol. The maximum atomic E-state index is 14.4. The number of ketones is 1. The first-order valence-electron chi connectivity index (χ1n) is 20.5. The number of hydrogen-bond acceptors (Lipinski definition) is 14. The van der Waals surface area contributed by atoms with Gasteiger partial charge in [0, 0.05) is 61.2 Å². The van der Waals surface area contributed by atoms with E-state index in [4.69, 9.17) is 23.8 Å². The maximum absolute atomic E-state index is 14.4. The normalized spacial score (nSPS) is 30.3. The Kier molecular flexibility index (Phi) is 15.8. The molecule has 1 unspecified atom stereocenters. The molecule has 330 valence electrons. The maximum Gasteiger partial charge on any atom is 0.312 e. The first-order chi connectivity index (χ1) is 28.2. The van der Waals surface area contributed by atoms with Gasteiger partial charge < -0.3 is 54.6 Å². The smallest absolute Gasteiger partial charge is 0.312 e. The lowest BCUT2D eigenvalue weighted by atomic mass is 9.78. The summed E-state index contributed by atoms with van der Waals surface area (Å²) >= 11 is 0. The van der Waals surface area contributed by atoms with Crippen LogP contribution in [0.4, 0.5) is 5.69 Å². The molecule has 0 fully saturated rings. The number of allylic oxidation sites excluding steroid dienone is 2. The molecular formula is C45H62N2O13. The summed E-state index contributed by atoms with van der Waals surface area (Å²) in [6, 6.07) is 0. The van der Waals surface area contributed by atoms with Gasteiger partial charge in [0.1, 0.15) is 29.5 Å². The molecule has 6 N–H and O–H groups in total. The number of nitrogens with zero attached hydrogens (tertiary/aromatic N) is 1. The number of carbonyl (C=O) groups is 3. The van der Waals surface area contributed by atoms with E-state index in [-0.39, 0.29) is 50.6 Å². The molecule has 0 radical (unpaired) electrons. The molecule has 0 saturated carbocycles. The predicted octanol–water partition coefficient (Wildman–Crippen LogP) is 7.07. The monoisotopic (exact) mass is 838 g/mol. The predicted molar refractivity (Wildman–Crippen MR) is 226 cm³/mol. The number of phenolic OH excluding ortho intramolecular Hbond substituents is 3. The van der Waals surface area contributed by atoms with Crippen molar-refractivity contribution in [2.24, 2.45) is 28.8 Å². The van der Waals surface area contributed by atoms with E-state index in [1.54, 1.807) is 39.8 Å². The third-order valence-electron chi connectivity index (χ3n) is 11.7. The van der Waals surface area contributed by atoms with Crippen LogP contribution < -0.4 is 10.1 Å². The minimum atomic E-state index is -2.06. The van der Waals surface area contributed by atoms with Crippen LogP contribution in [0.3, 0.4) is 0 Å². The molecule has 5 bridgehead atoms. The Bertz CT molecular complexity index is 2040. The van der Waals surface area contributed by atoms with E-state index < -0.39 is 88.8 Å². The number of phenols is 3. The van der Waals surface area contributed by atoms with Crippen LogP contribution >= 0.6 is 0 Å². The topological polar surface area (TPSA) is 223 Å². The summed E-state index contributed by atoms with van der Waals surface area (Å²) in [6.07, 6.45) is 7.90. The quantitative estimate of drug-likeness (QED) is 0.0372. The van der Waals surface area contributed by atoms with Gasteiger partial charge in [-0.05, 0) is 39.7 Å². The molecule has 0 aromatic heterocycles. The summed E-state index contributed by atoms with van der Waals surface area (Å²) in [4.78, 5) is 46.1. The van der Waals surface area contributed by atoms with Crippen molar-refractivity contribution in [1.29, 1.82) is 0 Å². The first kappa shape index (κ1) is 47.6. The lowest BCUT2D eigenvalue weighted by Crippen LogP contribution is -2.46. The number of ether oxygens (including phenoxy) is 4. The Morgan fingerprint density at radius 1 is 0.983 bits per heavy atom. The van der Waals surface area contributed by atoms with Crippen molar-refractivity contribution in [2.45, 2.75) is 131 Å². The summed E-state index contributed by atoms with van der Waals surface area (Å²) in [5, 5.41) is 64.4. The number of oxime groups is 1. The molecule has 15 heteroatoms. The number of Topliss-reactive ketones (excluding diaryl/α,β-unsaturated/α-hetero) is 1. The van der Waals surface area contributed by atoms with E-state index in [2.05, 4.69) is 17.4 Å². The lowest BCUT2D eigenvalue weighted by Gasteiger charge is -2.38. The number of rotatable bonds is 9. The number of nitrogens with one attached hydrogen (secondary N) is 1. The summed E-state index contributed by atoms with van der Waals surface area (Å²) in [6.45, 7) is 16.4. The van der Waals surface area contributed by atoms with Gasteiger partial charge in [-0.3, -0.25) is 14.4 Å². The molecule has 1 amide bonds. The zero-order chi connectivity index (χ0) is 44.8. The van der Waals surface area contributed by atoms with Crippen molar-refractivity contribution in [2.75, 3.05) is 12.4 Å². The average Bonchev–Trinajstić information content (AvgIpc) is 3.47. The Hall–Kier alpha value is -5.12. The van der Waals surface area contributed by atoms with Crippen molar-refractivity contribution < 1.29 is 63.7 Å². The summed E-state index contributed by atoms with van der Waals surface area (Å²) in [5.41, 5.74) is -0.565. The van der Waals surface area contributed by atoms with E-state index in [0.717, 1.165) is 25.5 Å². The lowest BCUT2D eigenvalue weighted by molar-refractivity contribution is -0.160. The van der Waals surface area contributed by atoms with Crippen LogP contribution in [0.1, 0.15) is 109 Å². The molecule has 0 saturated heterocycles.